The minimum atomic E-state index is 0.418. The number of rotatable bonds is 0. The Bertz CT molecular complexity index is 513. The lowest BCUT2D eigenvalue weighted by molar-refractivity contribution is 0.271. The lowest BCUT2D eigenvalue weighted by Crippen LogP contribution is -2.32. The maximum atomic E-state index is 8.92. The maximum absolute atomic E-state index is 8.92. The predicted octanol–water partition coefficient (Wildman–Crippen LogP) is 4.59. The van der Waals surface area contributed by atoms with Gasteiger partial charge in [-0.25, -0.2) is 0 Å². The van der Waals surface area contributed by atoms with Crippen LogP contribution in [0.2, 0.25) is 0 Å². The summed E-state index contributed by atoms with van der Waals surface area (Å²) in [5.41, 5.74) is 4.51. The number of nitrogens with zero attached hydrogens (tertiary/aromatic N) is 1. The molecule has 0 amide bonds. The van der Waals surface area contributed by atoms with E-state index in [1.165, 1.54) is 55.2 Å². The summed E-state index contributed by atoms with van der Waals surface area (Å²) in [4.78, 5) is 0. The maximum Gasteiger partial charge on any atom is 0.0915 e. The second kappa shape index (κ2) is 4.61. The third kappa shape index (κ3) is 1.77. The molecule has 1 nitrogen and oxygen atoms in total. The molecular formula is C17H19N. The fraction of sp³-hybridized carbons (Fsp3) is 0.471. The van der Waals surface area contributed by atoms with E-state index in [-0.39, 0.29) is 0 Å². The van der Waals surface area contributed by atoms with Crippen molar-refractivity contribution in [2.45, 2.75) is 50.4 Å². The molecule has 1 heteroatoms. The van der Waals surface area contributed by atoms with Gasteiger partial charge in [0.25, 0.3) is 0 Å². The second-order valence-corrected chi connectivity index (χ2v) is 5.69. The van der Waals surface area contributed by atoms with Crippen molar-refractivity contribution in [3.05, 3.63) is 41.5 Å². The van der Waals surface area contributed by atoms with E-state index in [9.17, 15) is 0 Å². The van der Waals surface area contributed by atoms with Gasteiger partial charge in [0.1, 0.15) is 0 Å². The fourth-order valence-electron chi connectivity index (χ4n) is 3.84. The number of benzene rings is 1. The van der Waals surface area contributed by atoms with Crippen molar-refractivity contribution < 1.29 is 0 Å². The smallest absolute Gasteiger partial charge is 0.0915 e. The van der Waals surface area contributed by atoms with Crippen LogP contribution in [-0.4, -0.2) is 0 Å². The van der Waals surface area contributed by atoms with Crippen LogP contribution in [0.3, 0.4) is 0 Å². The zero-order valence-electron chi connectivity index (χ0n) is 10.8. The van der Waals surface area contributed by atoms with Crippen molar-refractivity contribution in [3.8, 4) is 6.07 Å². The van der Waals surface area contributed by atoms with Crippen LogP contribution in [0.5, 0.6) is 0 Å². The highest BCUT2D eigenvalue weighted by Gasteiger charge is 2.38. The molecule has 1 spiro atoms. The van der Waals surface area contributed by atoms with Crippen molar-refractivity contribution in [3.63, 3.8) is 0 Å². The largest absolute Gasteiger partial charge is 0.193 e. The van der Waals surface area contributed by atoms with Gasteiger partial charge in [0.15, 0.2) is 0 Å². The Hall–Kier alpha value is -1.55. The minimum Gasteiger partial charge on any atom is -0.193 e. The van der Waals surface area contributed by atoms with Gasteiger partial charge >= 0.3 is 0 Å². The Labute approximate surface area is 109 Å². The summed E-state index contributed by atoms with van der Waals surface area (Å²) in [7, 11) is 0. The molecule has 0 radical (unpaired) electrons. The lowest BCUT2D eigenvalue weighted by Gasteiger charge is -2.43. The summed E-state index contributed by atoms with van der Waals surface area (Å²) >= 11 is 0. The molecule has 18 heavy (non-hydrogen) atoms. The number of allylic oxidation sites excluding steroid dienone is 2. The number of hydrogen-bond acceptors (Lipinski definition) is 1. The lowest BCUT2D eigenvalue weighted by atomic mass is 9.61. The normalized spacial score (nSPS) is 23.6. The SMILES string of the molecule is N#C/C=C1\CCC2(CCCCC2)c2ccccc21. The van der Waals surface area contributed by atoms with Crippen LogP contribution in [0.4, 0.5) is 0 Å². The summed E-state index contributed by atoms with van der Waals surface area (Å²) in [6.45, 7) is 0. The third-order valence-corrected chi connectivity index (χ3v) is 4.77. The monoisotopic (exact) mass is 237 g/mol. The van der Waals surface area contributed by atoms with E-state index in [0.717, 1.165) is 6.42 Å². The van der Waals surface area contributed by atoms with E-state index >= 15 is 0 Å². The average Bonchev–Trinajstić information content (AvgIpc) is 2.44. The van der Waals surface area contributed by atoms with Crippen molar-refractivity contribution in [2.75, 3.05) is 0 Å². The molecule has 0 aliphatic heterocycles. The van der Waals surface area contributed by atoms with Gasteiger partial charge in [0.05, 0.1) is 6.07 Å². The summed E-state index contributed by atoms with van der Waals surface area (Å²) in [6, 6.07) is 11.0. The second-order valence-electron chi connectivity index (χ2n) is 5.69. The summed E-state index contributed by atoms with van der Waals surface area (Å²) in [5.74, 6) is 0. The van der Waals surface area contributed by atoms with E-state index in [1.807, 2.05) is 0 Å². The van der Waals surface area contributed by atoms with Crippen LogP contribution in [0, 0.1) is 11.3 Å². The van der Waals surface area contributed by atoms with E-state index in [0.29, 0.717) is 5.41 Å². The van der Waals surface area contributed by atoms with E-state index in [1.54, 1.807) is 6.08 Å². The molecule has 0 bridgehead atoms. The van der Waals surface area contributed by atoms with Gasteiger partial charge < -0.3 is 0 Å². The first-order chi connectivity index (χ1) is 8.86. The zero-order chi connectivity index (χ0) is 12.4. The van der Waals surface area contributed by atoms with Crippen molar-refractivity contribution >= 4 is 5.57 Å². The summed E-state index contributed by atoms with van der Waals surface area (Å²) in [5, 5.41) is 8.92. The van der Waals surface area contributed by atoms with E-state index in [2.05, 4.69) is 30.3 Å². The molecule has 0 aromatic heterocycles. The molecule has 2 aliphatic carbocycles. The van der Waals surface area contributed by atoms with Crippen LogP contribution < -0.4 is 0 Å². The Kier molecular flexibility index (Phi) is 2.96. The number of nitriles is 1. The molecule has 0 atom stereocenters. The van der Waals surface area contributed by atoms with Crippen LogP contribution in [0.1, 0.15) is 56.1 Å². The molecule has 0 heterocycles. The standard InChI is InChI=1S/C17H19N/c18-13-9-14-8-12-17(10-4-1-5-11-17)16-7-3-2-6-15(14)16/h2-3,6-7,9H,1,4-5,8,10-12H2/b14-9+. The highest BCUT2D eigenvalue weighted by molar-refractivity contribution is 5.73. The fourth-order valence-corrected chi connectivity index (χ4v) is 3.84. The van der Waals surface area contributed by atoms with E-state index in [4.69, 9.17) is 5.26 Å². The third-order valence-electron chi connectivity index (χ3n) is 4.77. The highest BCUT2D eigenvalue weighted by Crippen LogP contribution is 2.50. The Morgan fingerprint density at radius 2 is 1.83 bits per heavy atom. The molecule has 1 aromatic rings. The molecule has 1 fully saturated rings. The molecule has 1 aromatic carbocycles. The molecule has 0 unspecified atom stereocenters. The van der Waals surface area contributed by atoms with Gasteiger partial charge in [-0.15, -0.1) is 0 Å². The van der Waals surface area contributed by atoms with Crippen molar-refractivity contribution in [1.29, 1.82) is 5.26 Å². The van der Waals surface area contributed by atoms with Gasteiger partial charge in [-0.2, -0.15) is 5.26 Å². The van der Waals surface area contributed by atoms with Gasteiger partial charge in [0, 0.05) is 6.08 Å². The Morgan fingerprint density at radius 3 is 2.61 bits per heavy atom. The quantitative estimate of drug-likeness (QED) is 0.605. The van der Waals surface area contributed by atoms with Gasteiger partial charge in [-0.1, -0.05) is 43.5 Å². The topological polar surface area (TPSA) is 23.8 Å². The van der Waals surface area contributed by atoms with Crippen LogP contribution in [0.15, 0.2) is 30.3 Å². The molecule has 3 rings (SSSR count). The van der Waals surface area contributed by atoms with Gasteiger partial charge in [-0.05, 0) is 47.8 Å². The zero-order valence-corrected chi connectivity index (χ0v) is 10.8. The molecule has 0 N–H and O–H groups in total. The molecule has 0 saturated heterocycles. The van der Waals surface area contributed by atoms with E-state index < -0.39 is 0 Å². The average molecular weight is 237 g/mol. The Balaban J connectivity index is 2.10. The van der Waals surface area contributed by atoms with Crippen LogP contribution >= 0.6 is 0 Å². The molecular weight excluding hydrogens is 218 g/mol. The first-order valence-corrected chi connectivity index (χ1v) is 7.04. The van der Waals surface area contributed by atoms with Crippen molar-refractivity contribution in [2.24, 2.45) is 0 Å². The first kappa shape index (κ1) is 11.5. The molecule has 2 aliphatic rings. The number of hydrogen-bond donors (Lipinski definition) is 0. The highest BCUT2D eigenvalue weighted by atomic mass is 14.4. The summed E-state index contributed by atoms with van der Waals surface area (Å²) in [6.07, 6.45) is 10.9. The summed E-state index contributed by atoms with van der Waals surface area (Å²) < 4.78 is 0. The minimum absolute atomic E-state index is 0.418. The van der Waals surface area contributed by atoms with Gasteiger partial charge in [-0.3, -0.25) is 0 Å². The predicted molar refractivity (Wildman–Crippen MR) is 74.0 cm³/mol. The first-order valence-electron chi connectivity index (χ1n) is 7.04. The van der Waals surface area contributed by atoms with Crippen LogP contribution in [-0.2, 0) is 5.41 Å². The number of fused-ring (bicyclic) bond motifs is 2. The van der Waals surface area contributed by atoms with Crippen LogP contribution in [0.25, 0.3) is 5.57 Å². The Morgan fingerprint density at radius 1 is 1.06 bits per heavy atom. The van der Waals surface area contributed by atoms with Gasteiger partial charge in [0.2, 0.25) is 0 Å². The molecule has 1 saturated carbocycles. The molecule has 92 valence electrons. The van der Waals surface area contributed by atoms with Crippen molar-refractivity contribution in [1.82, 2.24) is 0 Å².